The third-order valence-corrected chi connectivity index (χ3v) is 8.21. The van der Waals surface area contributed by atoms with Gasteiger partial charge in [-0.15, -0.1) is 0 Å². The number of likely N-dealkylation sites (tertiary alicyclic amines) is 1. The number of amides is 4. The van der Waals surface area contributed by atoms with E-state index in [4.69, 9.17) is 4.74 Å². The van der Waals surface area contributed by atoms with Crippen LogP contribution in [-0.4, -0.2) is 73.6 Å². The molecule has 2 saturated heterocycles. The summed E-state index contributed by atoms with van der Waals surface area (Å²) in [7, 11) is -3.80. The number of rotatable bonds is 5. The molecule has 0 spiro atoms. The molecule has 1 aromatic rings. The predicted molar refractivity (Wildman–Crippen MR) is 118 cm³/mol. The number of nitrogens with one attached hydrogen (secondary N) is 2. The Morgan fingerprint density at radius 3 is 2.26 bits per heavy atom. The van der Waals surface area contributed by atoms with Gasteiger partial charge in [-0.3, -0.25) is 34.9 Å². The molecule has 0 bridgehead atoms. The fraction of sp³-hybridized carbons (Fsp3) is 0.455. The Labute approximate surface area is 197 Å². The third kappa shape index (κ3) is 4.48. The van der Waals surface area contributed by atoms with Crippen LogP contribution < -0.4 is 10.9 Å². The van der Waals surface area contributed by atoms with Crippen LogP contribution >= 0.6 is 0 Å². The number of carbonyl (C=O) groups is 4. The zero-order valence-electron chi connectivity index (χ0n) is 18.6. The van der Waals surface area contributed by atoms with Crippen LogP contribution in [-0.2, 0) is 29.1 Å². The highest BCUT2D eigenvalue weighted by atomic mass is 32.2. The number of sulfonamides is 1. The second kappa shape index (κ2) is 9.65. The fourth-order valence-corrected chi connectivity index (χ4v) is 5.81. The number of benzene rings is 1. The largest absolute Gasteiger partial charge is 0.379 e. The number of morpholine rings is 1. The van der Waals surface area contributed by atoms with Gasteiger partial charge in [-0.05, 0) is 38.0 Å². The highest BCUT2D eigenvalue weighted by Crippen LogP contribution is 2.36. The smallest absolute Gasteiger partial charge is 0.269 e. The number of hydrogen-bond donors (Lipinski definition) is 2. The zero-order valence-corrected chi connectivity index (χ0v) is 19.4. The summed E-state index contributed by atoms with van der Waals surface area (Å²) < 4.78 is 32.1. The Morgan fingerprint density at radius 1 is 1.03 bits per heavy atom. The van der Waals surface area contributed by atoms with Crippen LogP contribution in [0.25, 0.3) is 0 Å². The number of carbonyl (C=O) groups excluding carboxylic acids is 4. The Balaban J connectivity index is 1.39. The quantitative estimate of drug-likeness (QED) is 0.331. The lowest BCUT2D eigenvalue weighted by Gasteiger charge is -2.26. The molecule has 34 heavy (non-hydrogen) atoms. The first kappa shape index (κ1) is 24.0. The molecule has 0 radical (unpaired) electrons. The number of hydrazine groups is 1. The van der Waals surface area contributed by atoms with Gasteiger partial charge in [0.05, 0.1) is 29.9 Å². The van der Waals surface area contributed by atoms with Gasteiger partial charge in [0.25, 0.3) is 11.8 Å². The Hall–Kier alpha value is -3.09. The molecule has 0 saturated carbocycles. The number of ether oxygens (including phenoxy) is 1. The van der Waals surface area contributed by atoms with Crippen molar-refractivity contribution in [1.29, 1.82) is 0 Å². The maximum atomic E-state index is 12.8. The van der Waals surface area contributed by atoms with Crippen molar-refractivity contribution in [2.45, 2.75) is 30.7 Å². The summed E-state index contributed by atoms with van der Waals surface area (Å²) in [5, 5.41) is 0. The van der Waals surface area contributed by atoms with Crippen molar-refractivity contribution in [3.8, 4) is 0 Å². The van der Waals surface area contributed by atoms with Crippen LogP contribution in [0.15, 0.2) is 41.3 Å². The van der Waals surface area contributed by atoms with E-state index >= 15 is 0 Å². The van der Waals surface area contributed by atoms with E-state index in [2.05, 4.69) is 10.9 Å². The molecule has 3 atom stereocenters. The van der Waals surface area contributed by atoms with Crippen molar-refractivity contribution in [2.75, 3.05) is 26.3 Å². The van der Waals surface area contributed by atoms with Gasteiger partial charge in [-0.1, -0.05) is 18.2 Å². The molecular formula is C22H26N4O7S. The van der Waals surface area contributed by atoms with Gasteiger partial charge in [0.15, 0.2) is 0 Å². The standard InChI is InChI=1S/C22H26N4O7S/c1-14(26-21(29)17-7-2-3-8-18(17)22(26)30)19(27)23-24-20(28)15-5-4-6-16(13-15)34(31,32)25-9-11-33-12-10-25/h2-6,13-14,17-18H,7-12H2,1H3,(H,23,27)(H,24,28)/t14-,17+,18+/m0/s1. The highest BCUT2D eigenvalue weighted by Gasteiger charge is 2.50. The summed E-state index contributed by atoms with van der Waals surface area (Å²) in [5.74, 6) is -3.18. The number of nitrogens with zero attached hydrogens (tertiary/aromatic N) is 2. The average Bonchev–Trinajstić information content (AvgIpc) is 3.12. The fourth-order valence-electron chi connectivity index (χ4n) is 4.35. The van der Waals surface area contributed by atoms with E-state index < -0.39 is 51.5 Å². The number of hydrogen-bond acceptors (Lipinski definition) is 7. The first-order valence-electron chi connectivity index (χ1n) is 11.0. The minimum absolute atomic E-state index is 0.0210. The minimum Gasteiger partial charge on any atom is -0.379 e. The van der Waals surface area contributed by atoms with Crippen LogP contribution in [0.5, 0.6) is 0 Å². The minimum atomic E-state index is -3.80. The molecule has 4 amide bonds. The normalized spacial score (nSPS) is 24.0. The van der Waals surface area contributed by atoms with E-state index in [-0.39, 0.29) is 23.5 Å². The maximum absolute atomic E-state index is 12.8. The SMILES string of the molecule is C[C@@H](C(=O)NNC(=O)c1cccc(S(=O)(=O)N2CCOCC2)c1)N1C(=O)[C@@H]2CC=CC[C@H]2C1=O. The molecule has 1 aromatic carbocycles. The van der Waals surface area contributed by atoms with E-state index in [0.717, 1.165) is 4.90 Å². The van der Waals surface area contributed by atoms with Gasteiger partial charge in [0.2, 0.25) is 21.8 Å². The van der Waals surface area contributed by atoms with Crippen molar-refractivity contribution >= 4 is 33.7 Å². The van der Waals surface area contributed by atoms with E-state index in [1.165, 1.54) is 35.5 Å². The summed E-state index contributed by atoms with van der Waals surface area (Å²) in [6.07, 6.45) is 4.63. The Kier molecular flexibility index (Phi) is 6.82. The summed E-state index contributed by atoms with van der Waals surface area (Å²) in [6, 6.07) is 4.35. The van der Waals surface area contributed by atoms with Gasteiger partial charge in [-0.25, -0.2) is 8.42 Å². The van der Waals surface area contributed by atoms with Crippen LogP contribution in [0, 0.1) is 11.8 Å². The van der Waals surface area contributed by atoms with E-state index in [0.29, 0.717) is 26.1 Å². The molecule has 2 N–H and O–H groups in total. The molecule has 0 unspecified atom stereocenters. The molecule has 2 fully saturated rings. The van der Waals surface area contributed by atoms with Crippen LogP contribution in [0.3, 0.4) is 0 Å². The van der Waals surface area contributed by atoms with E-state index in [9.17, 15) is 27.6 Å². The van der Waals surface area contributed by atoms with Crippen molar-refractivity contribution in [3.05, 3.63) is 42.0 Å². The van der Waals surface area contributed by atoms with Gasteiger partial charge < -0.3 is 4.74 Å². The van der Waals surface area contributed by atoms with Gasteiger partial charge >= 0.3 is 0 Å². The second-order valence-electron chi connectivity index (χ2n) is 8.37. The predicted octanol–water partition coefficient (Wildman–Crippen LogP) is -0.192. The summed E-state index contributed by atoms with van der Waals surface area (Å²) in [5.41, 5.74) is 4.47. The lowest BCUT2D eigenvalue weighted by molar-refractivity contribution is -0.147. The molecule has 12 heteroatoms. The lowest BCUT2D eigenvalue weighted by Crippen LogP contribution is -2.53. The molecule has 2 heterocycles. The van der Waals surface area contributed by atoms with Crippen LogP contribution in [0.4, 0.5) is 0 Å². The molecule has 182 valence electrons. The molecular weight excluding hydrogens is 464 g/mol. The first-order chi connectivity index (χ1) is 16.2. The molecule has 0 aromatic heterocycles. The first-order valence-corrected chi connectivity index (χ1v) is 12.5. The van der Waals surface area contributed by atoms with E-state index in [1.807, 2.05) is 12.2 Å². The summed E-state index contributed by atoms with van der Waals surface area (Å²) in [4.78, 5) is 51.4. The topological polar surface area (TPSA) is 142 Å². The third-order valence-electron chi connectivity index (χ3n) is 6.31. The number of imide groups is 1. The zero-order chi connectivity index (χ0) is 24.5. The van der Waals surface area contributed by atoms with Crippen molar-refractivity contribution in [1.82, 2.24) is 20.1 Å². The molecule has 11 nitrogen and oxygen atoms in total. The Bertz CT molecular complexity index is 1120. The van der Waals surface area contributed by atoms with Crippen molar-refractivity contribution in [2.24, 2.45) is 11.8 Å². The summed E-state index contributed by atoms with van der Waals surface area (Å²) in [6.45, 7) is 2.45. The van der Waals surface area contributed by atoms with Gasteiger partial charge in [-0.2, -0.15) is 4.31 Å². The van der Waals surface area contributed by atoms with Gasteiger partial charge in [0.1, 0.15) is 6.04 Å². The molecule has 1 aliphatic carbocycles. The number of fused-ring (bicyclic) bond motifs is 1. The van der Waals surface area contributed by atoms with Crippen molar-refractivity contribution < 1.29 is 32.3 Å². The Morgan fingerprint density at radius 2 is 1.65 bits per heavy atom. The van der Waals surface area contributed by atoms with Crippen LogP contribution in [0.1, 0.15) is 30.1 Å². The average molecular weight is 491 g/mol. The second-order valence-corrected chi connectivity index (χ2v) is 10.3. The highest BCUT2D eigenvalue weighted by molar-refractivity contribution is 7.89. The van der Waals surface area contributed by atoms with Crippen molar-refractivity contribution in [3.63, 3.8) is 0 Å². The number of allylic oxidation sites excluding steroid dienone is 2. The monoisotopic (exact) mass is 490 g/mol. The summed E-state index contributed by atoms with van der Waals surface area (Å²) >= 11 is 0. The molecule has 3 aliphatic rings. The van der Waals surface area contributed by atoms with Crippen LogP contribution in [0.2, 0.25) is 0 Å². The lowest BCUT2D eigenvalue weighted by atomic mass is 9.85. The van der Waals surface area contributed by atoms with Gasteiger partial charge in [0, 0.05) is 18.7 Å². The van der Waals surface area contributed by atoms with E-state index in [1.54, 1.807) is 0 Å². The molecule has 2 aliphatic heterocycles. The molecule has 4 rings (SSSR count). The maximum Gasteiger partial charge on any atom is 0.269 e.